The van der Waals surface area contributed by atoms with Crippen LogP contribution in [0.5, 0.6) is 5.75 Å². The predicted octanol–water partition coefficient (Wildman–Crippen LogP) is -1.10. The van der Waals surface area contributed by atoms with Crippen molar-refractivity contribution >= 4 is 5.82 Å². The highest BCUT2D eigenvalue weighted by atomic mass is 16.5. The van der Waals surface area contributed by atoms with E-state index in [1.807, 2.05) is 0 Å². The van der Waals surface area contributed by atoms with Gasteiger partial charge in [0.15, 0.2) is 5.82 Å². The third kappa shape index (κ3) is 2.94. The number of aromatic nitrogens is 2. The molecule has 1 rings (SSSR count). The van der Waals surface area contributed by atoms with Gasteiger partial charge in [0, 0.05) is 12.6 Å². The molecule has 5 N–H and O–H groups in total. The molecule has 7 nitrogen and oxygen atoms in total. The Morgan fingerprint density at radius 1 is 1.75 bits per heavy atom. The van der Waals surface area contributed by atoms with Gasteiger partial charge in [0.05, 0.1) is 19.5 Å². The molecule has 0 aromatic carbocycles. The van der Waals surface area contributed by atoms with Crippen LogP contribution < -0.4 is 21.3 Å². The van der Waals surface area contributed by atoms with Gasteiger partial charge in [-0.25, -0.2) is 4.98 Å². The second kappa shape index (κ2) is 5.47. The van der Waals surface area contributed by atoms with Gasteiger partial charge in [-0.1, -0.05) is 0 Å². The van der Waals surface area contributed by atoms with Crippen LogP contribution >= 0.6 is 0 Å². The molecule has 2 atom stereocenters. The van der Waals surface area contributed by atoms with Crippen LogP contribution in [0.3, 0.4) is 0 Å². The van der Waals surface area contributed by atoms with Crippen LogP contribution in [0, 0.1) is 0 Å². The molecule has 90 valence electrons. The molecule has 1 aromatic heterocycles. The molecular weight excluding hydrogens is 212 g/mol. The van der Waals surface area contributed by atoms with E-state index in [0.29, 0.717) is 12.4 Å². The molecule has 1 heterocycles. The summed E-state index contributed by atoms with van der Waals surface area (Å²) >= 11 is 0. The first-order valence-electron chi connectivity index (χ1n) is 4.85. The number of rotatable bonds is 5. The van der Waals surface area contributed by atoms with Crippen LogP contribution in [0.15, 0.2) is 11.1 Å². The number of nitrogens with zero attached hydrogens (tertiary/aromatic N) is 1. The van der Waals surface area contributed by atoms with Crippen LogP contribution in [0.2, 0.25) is 0 Å². The molecule has 0 amide bonds. The van der Waals surface area contributed by atoms with E-state index in [-0.39, 0.29) is 11.3 Å². The summed E-state index contributed by atoms with van der Waals surface area (Å²) in [7, 11) is 1.38. The molecule has 0 aliphatic carbocycles. The summed E-state index contributed by atoms with van der Waals surface area (Å²) in [5.41, 5.74) is 5.26. The maximum atomic E-state index is 11.3. The predicted molar refractivity (Wildman–Crippen MR) is 59.6 cm³/mol. The quantitative estimate of drug-likeness (QED) is 0.508. The maximum Gasteiger partial charge on any atom is 0.295 e. The average Bonchev–Trinajstić information content (AvgIpc) is 2.25. The zero-order chi connectivity index (χ0) is 12.1. The van der Waals surface area contributed by atoms with Crippen molar-refractivity contribution in [3.05, 3.63) is 16.7 Å². The van der Waals surface area contributed by atoms with Gasteiger partial charge in [0.1, 0.15) is 0 Å². The third-order valence-corrected chi connectivity index (χ3v) is 2.14. The Hall–Kier alpha value is -1.60. The number of nitrogens with two attached hydrogens (primary N) is 1. The van der Waals surface area contributed by atoms with E-state index in [1.54, 1.807) is 6.92 Å². The average molecular weight is 228 g/mol. The summed E-state index contributed by atoms with van der Waals surface area (Å²) in [4.78, 5) is 17.6. The number of ether oxygens (including phenoxy) is 1. The fraction of sp³-hybridized carbons (Fsp3) is 0.556. The Morgan fingerprint density at radius 2 is 2.44 bits per heavy atom. The first-order valence-corrected chi connectivity index (χ1v) is 4.85. The van der Waals surface area contributed by atoms with Gasteiger partial charge in [-0.2, -0.15) is 0 Å². The van der Waals surface area contributed by atoms with E-state index in [4.69, 9.17) is 10.5 Å². The second-order valence-electron chi connectivity index (χ2n) is 3.40. The Morgan fingerprint density at radius 3 is 3.00 bits per heavy atom. The zero-order valence-electron chi connectivity index (χ0n) is 9.23. The van der Waals surface area contributed by atoms with Crippen LogP contribution in [0.4, 0.5) is 5.82 Å². The van der Waals surface area contributed by atoms with Crippen LogP contribution in [-0.4, -0.2) is 40.9 Å². The molecule has 0 aliphatic rings. The molecule has 0 spiro atoms. The monoisotopic (exact) mass is 228 g/mol. The number of methoxy groups -OCH3 is 1. The van der Waals surface area contributed by atoms with Crippen molar-refractivity contribution in [3.8, 4) is 5.75 Å². The minimum Gasteiger partial charge on any atom is -0.489 e. The van der Waals surface area contributed by atoms with Crippen molar-refractivity contribution in [2.45, 2.75) is 19.1 Å². The molecule has 16 heavy (non-hydrogen) atoms. The summed E-state index contributed by atoms with van der Waals surface area (Å²) in [6.07, 6.45) is 0.627. The lowest BCUT2D eigenvalue weighted by atomic mass is 10.2. The number of anilines is 1. The van der Waals surface area contributed by atoms with E-state index < -0.39 is 12.1 Å². The maximum absolute atomic E-state index is 11.3. The van der Waals surface area contributed by atoms with Crippen molar-refractivity contribution in [2.75, 3.05) is 19.0 Å². The van der Waals surface area contributed by atoms with Gasteiger partial charge in [0.2, 0.25) is 5.75 Å². The summed E-state index contributed by atoms with van der Waals surface area (Å²) in [6.45, 7) is 1.89. The highest BCUT2D eigenvalue weighted by molar-refractivity contribution is 5.47. The number of H-pyrrole nitrogens is 1. The van der Waals surface area contributed by atoms with E-state index in [0.717, 1.165) is 0 Å². The van der Waals surface area contributed by atoms with Crippen LogP contribution in [0.1, 0.15) is 6.92 Å². The number of aliphatic hydroxyl groups is 1. The second-order valence-corrected chi connectivity index (χ2v) is 3.40. The fourth-order valence-electron chi connectivity index (χ4n) is 1.09. The smallest absolute Gasteiger partial charge is 0.295 e. The topological polar surface area (TPSA) is 113 Å². The summed E-state index contributed by atoms with van der Waals surface area (Å²) in [5, 5.41) is 12.0. The van der Waals surface area contributed by atoms with Crippen LogP contribution in [-0.2, 0) is 0 Å². The van der Waals surface area contributed by atoms with E-state index in [1.165, 1.54) is 13.4 Å². The summed E-state index contributed by atoms with van der Waals surface area (Å²) in [6, 6.07) is -0.439. The van der Waals surface area contributed by atoms with Gasteiger partial charge in [0.25, 0.3) is 5.56 Å². The number of aromatic amines is 1. The van der Waals surface area contributed by atoms with E-state index >= 15 is 0 Å². The lowest BCUT2D eigenvalue weighted by molar-refractivity contribution is 0.168. The SMILES string of the molecule is COc1c(NCC(N)C(C)O)nc[nH]c1=O. The Kier molecular flexibility index (Phi) is 4.27. The fourth-order valence-corrected chi connectivity index (χ4v) is 1.09. The van der Waals surface area contributed by atoms with Crippen molar-refractivity contribution in [1.29, 1.82) is 0 Å². The van der Waals surface area contributed by atoms with Crippen LogP contribution in [0.25, 0.3) is 0 Å². The molecule has 0 aliphatic heterocycles. The van der Waals surface area contributed by atoms with Crippen molar-refractivity contribution < 1.29 is 9.84 Å². The molecule has 0 fully saturated rings. The van der Waals surface area contributed by atoms with E-state index in [2.05, 4.69) is 15.3 Å². The third-order valence-electron chi connectivity index (χ3n) is 2.14. The van der Waals surface area contributed by atoms with Crippen molar-refractivity contribution in [1.82, 2.24) is 9.97 Å². The molecule has 0 bridgehead atoms. The first kappa shape index (κ1) is 12.5. The minimum absolute atomic E-state index is 0.0975. The molecule has 0 saturated carbocycles. The standard InChI is InChI=1S/C9H16N4O3/c1-5(14)6(10)3-11-8-7(16-2)9(15)13-4-12-8/h4-6,14H,3,10H2,1-2H3,(H2,11,12,13,15). The van der Waals surface area contributed by atoms with Gasteiger partial charge >= 0.3 is 0 Å². The normalized spacial score (nSPS) is 14.2. The number of aliphatic hydroxyl groups excluding tert-OH is 1. The molecule has 2 unspecified atom stereocenters. The Labute approximate surface area is 92.7 Å². The van der Waals surface area contributed by atoms with Gasteiger partial charge in [-0.15, -0.1) is 0 Å². The van der Waals surface area contributed by atoms with Gasteiger partial charge in [-0.3, -0.25) is 4.79 Å². The zero-order valence-corrected chi connectivity index (χ0v) is 9.23. The van der Waals surface area contributed by atoms with E-state index in [9.17, 15) is 9.90 Å². The number of nitrogens with one attached hydrogen (secondary N) is 2. The first-order chi connectivity index (χ1) is 7.56. The van der Waals surface area contributed by atoms with Gasteiger partial charge < -0.3 is 25.9 Å². The number of hydrogen-bond acceptors (Lipinski definition) is 6. The lowest BCUT2D eigenvalue weighted by Gasteiger charge is -2.16. The summed E-state index contributed by atoms with van der Waals surface area (Å²) < 4.78 is 4.90. The summed E-state index contributed by atoms with van der Waals surface area (Å²) in [5.74, 6) is 0.405. The Balaban J connectivity index is 2.74. The molecule has 7 heteroatoms. The van der Waals surface area contributed by atoms with Crippen molar-refractivity contribution in [2.24, 2.45) is 5.73 Å². The molecule has 0 saturated heterocycles. The van der Waals surface area contributed by atoms with Gasteiger partial charge in [-0.05, 0) is 6.92 Å². The lowest BCUT2D eigenvalue weighted by Crippen LogP contribution is -2.39. The largest absolute Gasteiger partial charge is 0.489 e. The Bertz CT molecular complexity index is 391. The molecule has 0 radical (unpaired) electrons. The highest BCUT2D eigenvalue weighted by Crippen LogP contribution is 2.13. The van der Waals surface area contributed by atoms with Crippen molar-refractivity contribution in [3.63, 3.8) is 0 Å². The number of hydrogen-bond donors (Lipinski definition) is 4. The molecule has 1 aromatic rings. The highest BCUT2D eigenvalue weighted by Gasteiger charge is 2.12. The minimum atomic E-state index is -0.638. The molecular formula is C9H16N4O3.